The van der Waals surface area contributed by atoms with E-state index in [1.807, 2.05) is 0 Å². The SMILES string of the molecule is CC(C)(C)NCCC(C)(C)C1CCC1. The van der Waals surface area contributed by atoms with Gasteiger partial charge in [-0.15, -0.1) is 0 Å². The number of hydrogen-bond donors (Lipinski definition) is 1. The second kappa shape index (κ2) is 4.22. The van der Waals surface area contributed by atoms with E-state index in [0.29, 0.717) is 5.41 Å². The molecule has 84 valence electrons. The molecule has 1 aliphatic carbocycles. The molecule has 1 N–H and O–H groups in total. The first-order valence-electron chi connectivity index (χ1n) is 6.06. The smallest absolute Gasteiger partial charge is 0.00965 e. The summed E-state index contributed by atoms with van der Waals surface area (Å²) in [4.78, 5) is 0. The molecule has 1 aliphatic rings. The van der Waals surface area contributed by atoms with E-state index in [9.17, 15) is 0 Å². The van der Waals surface area contributed by atoms with E-state index in [2.05, 4.69) is 39.9 Å². The monoisotopic (exact) mass is 197 g/mol. The number of nitrogens with one attached hydrogen (secondary N) is 1. The van der Waals surface area contributed by atoms with Crippen molar-refractivity contribution in [2.75, 3.05) is 6.54 Å². The maximum Gasteiger partial charge on any atom is 0.00965 e. The summed E-state index contributed by atoms with van der Waals surface area (Å²) in [6, 6.07) is 0. The molecule has 0 aromatic rings. The van der Waals surface area contributed by atoms with Crippen LogP contribution in [-0.4, -0.2) is 12.1 Å². The highest BCUT2D eigenvalue weighted by Gasteiger charge is 2.33. The first-order valence-corrected chi connectivity index (χ1v) is 6.06. The molecule has 0 aromatic carbocycles. The Kier molecular flexibility index (Phi) is 3.63. The molecule has 0 heterocycles. The third-order valence-corrected chi connectivity index (χ3v) is 3.64. The zero-order valence-electron chi connectivity index (χ0n) is 10.6. The van der Waals surface area contributed by atoms with Gasteiger partial charge in [0.1, 0.15) is 0 Å². The van der Waals surface area contributed by atoms with E-state index >= 15 is 0 Å². The zero-order valence-corrected chi connectivity index (χ0v) is 10.6. The predicted molar refractivity (Wildman–Crippen MR) is 63.5 cm³/mol. The van der Waals surface area contributed by atoms with Crippen LogP contribution < -0.4 is 5.32 Å². The highest BCUT2D eigenvalue weighted by Crippen LogP contribution is 2.43. The highest BCUT2D eigenvalue weighted by atomic mass is 14.9. The van der Waals surface area contributed by atoms with E-state index in [4.69, 9.17) is 0 Å². The predicted octanol–water partition coefficient (Wildman–Crippen LogP) is 3.59. The van der Waals surface area contributed by atoms with Gasteiger partial charge in [-0.25, -0.2) is 0 Å². The molecule has 0 bridgehead atoms. The molecule has 1 fully saturated rings. The molecule has 0 radical (unpaired) electrons. The Bertz CT molecular complexity index is 172. The molecule has 0 unspecified atom stereocenters. The molecule has 1 nitrogen and oxygen atoms in total. The molecule has 0 aliphatic heterocycles. The Morgan fingerprint density at radius 2 is 1.64 bits per heavy atom. The lowest BCUT2D eigenvalue weighted by Gasteiger charge is -2.41. The molecular weight excluding hydrogens is 170 g/mol. The van der Waals surface area contributed by atoms with Gasteiger partial charge in [-0.2, -0.15) is 0 Å². The van der Waals surface area contributed by atoms with Crippen molar-refractivity contribution in [1.82, 2.24) is 5.32 Å². The van der Waals surface area contributed by atoms with Gasteiger partial charge in [-0.1, -0.05) is 20.3 Å². The maximum absolute atomic E-state index is 3.58. The van der Waals surface area contributed by atoms with E-state index in [-0.39, 0.29) is 5.54 Å². The molecule has 0 aromatic heterocycles. The Hall–Kier alpha value is -0.0400. The van der Waals surface area contributed by atoms with Gasteiger partial charge in [0.25, 0.3) is 0 Å². The Morgan fingerprint density at radius 3 is 2.00 bits per heavy atom. The van der Waals surface area contributed by atoms with Gasteiger partial charge < -0.3 is 5.32 Å². The van der Waals surface area contributed by atoms with E-state index in [1.54, 1.807) is 0 Å². The summed E-state index contributed by atoms with van der Waals surface area (Å²) < 4.78 is 0. The lowest BCUT2D eigenvalue weighted by molar-refractivity contribution is 0.108. The third-order valence-electron chi connectivity index (χ3n) is 3.64. The lowest BCUT2D eigenvalue weighted by atomic mass is 9.66. The van der Waals surface area contributed by atoms with Gasteiger partial charge in [-0.05, 0) is 57.9 Å². The fourth-order valence-electron chi connectivity index (χ4n) is 2.15. The highest BCUT2D eigenvalue weighted by molar-refractivity contribution is 4.85. The molecular formula is C13H27N. The molecule has 0 spiro atoms. The van der Waals surface area contributed by atoms with Gasteiger partial charge >= 0.3 is 0 Å². The zero-order chi connectivity index (χ0) is 10.8. The van der Waals surface area contributed by atoms with Crippen molar-refractivity contribution in [2.24, 2.45) is 11.3 Å². The van der Waals surface area contributed by atoms with Crippen LogP contribution in [-0.2, 0) is 0 Å². The largest absolute Gasteiger partial charge is 0.312 e. The quantitative estimate of drug-likeness (QED) is 0.726. The van der Waals surface area contributed by atoms with Crippen molar-refractivity contribution >= 4 is 0 Å². The van der Waals surface area contributed by atoms with Gasteiger partial charge in [-0.3, -0.25) is 0 Å². The first kappa shape index (κ1) is 12.0. The maximum atomic E-state index is 3.58. The van der Waals surface area contributed by atoms with E-state index in [0.717, 1.165) is 12.5 Å². The average Bonchev–Trinajstić information content (AvgIpc) is 1.75. The van der Waals surface area contributed by atoms with Crippen molar-refractivity contribution in [2.45, 2.75) is 65.8 Å². The van der Waals surface area contributed by atoms with Crippen molar-refractivity contribution < 1.29 is 0 Å². The van der Waals surface area contributed by atoms with Gasteiger partial charge in [0, 0.05) is 5.54 Å². The first-order chi connectivity index (χ1) is 6.31. The van der Waals surface area contributed by atoms with Crippen molar-refractivity contribution in [3.63, 3.8) is 0 Å². The van der Waals surface area contributed by atoms with Crippen molar-refractivity contribution in [1.29, 1.82) is 0 Å². The standard InChI is InChI=1S/C13H27N/c1-12(2,3)14-10-9-13(4,5)11-7-6-8-11/h11,14H,6-10H2,1-5H3. The van der Waals surface area contributed by atoms with Crippen LogP contribution in [0.4, 0.5) is 0 Å². The Balaban J connectivity index is 2.22. The minimum Gasteiger partial charge on any atom is -0.312 e. The Labute approximate surface area is 89.7 Å². The van der Waals surface area contributed by atoms with Crippen LogP contribution in [0, 0.1) is 11.3 Å². The summed E-state index contributed by atoms with van der Waals surface area (Å²) in [6.07, 6.45) is 5.70. The second-order valence-electron chi connectivity index (χ2n) is 6.54. The van der Waals surface area contributed by atoms with Crippen LogP contribution in [0.3, 0.4) is 0 Å². The van der Waals surface area contributed by atoms with Crippen LogP contribution in [0.5, 0.6) is 0 Å². The van der Waals surface area contributed by atoms with Crippen LogP contribution >= 0.6 is 0 Å². The molecule has 1 heteroatoms. The van der Waals surface area contributed by atoms with Crippen LogP contribution in [0.15, 0.2) is 0 Å². The molecule has 0 amide bonds. The molecule has 0 atom stereocenters. The number of hydrogen-bond acceptors (Lipinski definition) is 1. The van der Waals surface area contributed by atoms with Gasteiger partial charge in [0.15, 0.2) is 0 Å². The summed E-state index contributed by atoms with van der Waals surface area (Å²) >= 11 is 0. The fourth-order valence-corrected chi connectivity index (χ4v) is 2.15. The summed E-state index contributed by atoms with van der Waals surface area (Å²) in [5.74, 6) is 0.990. The van der Waals surface area contributed by atoms with Crippen LogP contribution in [0.1, 0.15) is 60.3 Å². The minimum atomic E-state index is 0.274. The van der Waals surface area contributed by atoms with Gasteiger partial charge in [0.05, 0.1) is 0 Å². The van der Waals surface area contributed by atoms with Crippen LogP contribution in [0.2, 0.25) is 0 Å². The molecule has 1 rings (SSSR count). The van der Waals surface area contributed by atoms with E-state index < -0.39 is 0 Å². The normalized spacial score (nSPS) is 19.5. The molecule has 0 saturated heterocycles. The second-order valence-corrected chi connectivity index (χ2v) is 6.54. The summed E-state index contributed by atoms with van der Waals surface area (Å²) in [6.45, 7) is 12.7. The van der Waals surface area contributed by atoms with E-state index in [1.165, 1.54) is 25.7 Å². The van der Waals surface area contributed by atoms with Crippen LogP contribution in [0.25, 0.3) is 0 Å². The minimum absolute atomic E-state index is 0.274. The third kappa shape index (κ3) is 3.61. The van der Waals surface area contributed by atoms with Gasteiger partial charge in [0.2, 0.25) is 0 Å². The molecule has 1 saturated carbocycles. The van der Waals surface area contributed by atoms with Crippen molar-refractivity contribution in [3.05, 3.63) is 0 Å². The summed E-state index contributed by atoms with van der Waals surface area (Å²) in [5.41, 5.74) is 0.826. The topological polar surface area (TPSA) is 12.0 Å². The number of rotatable bonds is 4. The lowest BCUT2D eigenvalue weighted by Crippen LogP contribution is -2.40. The Morgan fingerprint density at radius 1 is 1.07 bits per heavy atom. The van der Waals surface area contributed by atoms with Crippen molar-refractivity contribution in [3.8, 4) is 0 Å². The summed E-state index contributed by atoms with van der Waals surface area (Å²) in [7, 11) is 0. The fraction of sp³-hybridized carbons (Fsp3) is 1.00. The summed E-state index contributed by atoms with van der Waals surface area (Å²) in [5, 5.41) is 3.58. The average molecular weight is 197 g/mol. The molecule has 14 heavy (non-hydrogen) atoms.